The van der Waals surface area contributed by atoms with Gasteiger partial charge in [0.05, 0.1) is 10.2 Å². The number of hydrogen-bond donors (Lipinski definition) is 2. The molecule has 1 aliphatic rings. The van der Waals surface area contributed by atoms with Gasteiger partial charge in [-0.1, -0.05) is 6.07 Å². The van der Waals surface area contributed by atoms with Gasteiger partial charge in [-0.05, 0) is 43.1 Å². The third kappa shape index (κ3) is 2.67. The first kappa shape index (κ1) is 14.8. The molecule has 0 fully saturated rings. The van der Waals surface area contributed by atoms with Crippen LogP contribution < -0.4 is 10.6 Å². The lowest BCUT2D eigenvalue weighted by atomic mass is 10.0. The summed E-state index contributed by atoms with van der Waals surface area (Å²) < 4.78 is 1.19. The molecule has 3 heterocycles. The quantitative estimate of drug-likeness (QED) is 0.741. The standard InChI is InChI=1S/C17H17N3OS2/c1-9-3-4-13-12(7-9)20-17(22-13)15-11-5-6-18-8-14(11)23-16(15)19-10(2)21/h3-4,7,18H,5-6,8H2,1-2H3,(H,19,21). The Morgan fingerprint density at radius 2 is 2.22 bits per heavy atom. The van der Waals surface area contributed by atoms with Gasteiger partial charge in [0, 0.05) is 23.9 Å². The molecule has 4 nitrogen and oxygen atoms in total. The van der Waals surface area contributed by atoms with Gasteiger partial charge in [0.15, 0.2) is 0 Å². The van der Waals surface area contributed by atoms with Crippen LogP contribution in [-0.4, -0.2) is 17.4 Å². The first-order valence-electron chi connectivity index (χ1n) is 7.62. The smallest absolute Gasteiger partial charge is 0.221 e. The number of thiazole rings is 1. The third-order valence-corrected chi connectivity index (χ3v) is 6.18. The van der Waals surface area contributed by atoms with Gasteiger partial charge in [0.25, 0.3) is 0 Å². The highest BCUT2D eigenvalue weighted by molar-refractivity contribution is 7.22. The number of aryl methyl sites for hydroxylation is 1. The highest BCUT2D eigenvalue weighted by Crippen LogP contribution is 2.44. The van der Waals surface area contributed by atoms with Crippen LogP contribution >= 0.6 is 22.7 Å². The number of thiophene rings is 1. The van der Waals surface area contributed by atoms with Gasteiger partial charge < -0.3 is 10.6 Å². The maximum absolute atomic E-state index is 11.6. The van der Waals surface area contributed by atoms with Crippen molar-refractivity contribution in [1.82, 2.24) is 10.3 Å². The van der Waals surface area contributed by atoms with Crippen molar-refractivity contribution in [1.29, 1.82) is 0 Å². The van der Waals surface area contributed by atoms with Gasteiger partial charge in [-0.2, -0.15) is 0 Å². The minimum atomic E-state index is -0.0326. The van der Waals surface area contributed by atoms with Gasteiger partial charge in [0.2, 0.25) is 5.91 Å². The van der Waals surface area contributed by atoms with Gasteiger partial charge in [0.1, 0.15) is 10.0 Å². The summed E-state index contributed by atoms with van der Waals surface area (Å²) in [6, 6.07) is 6.37. The maximum atomic E-state index is 11.6. The lowest BCUT2D eigenvalue weighted by Crippen LogP contribution is -2.22. The SMILES string of the molecule is CC(=O)Nc1sc2c(c1-c1nc3cc(C)ccc3s1)CCNC2. The molecular weight excluding hydrogens is 326 g/mol. The summed E-state index contributed by atoms with van der Waals surface area (Å²) in [6.45, 7) is 5.48. The molecule has 6 heteroatoms. The van der Waals surface area contributed by atoms with Crippen LogP contribution in [-0.2, 0) is 17.8 Å². The summed E-state index contributed by atoms with van der Waals surface area (Å²) in [5.74, 6) is -0.0326. The number of nitrogens with zero attached hydrogens (tertiary/aromatic N) is 1. The van der Waals surface area contributed by atoms with Crippen molar-refractivity contribution in [3.63, 3.8) is 0 Å². The molecule has 2 aromatic heterocycles. The molecule has 1 aliphatic heterocycles. The average molecular weight is 343 g/mol. The number of rotatable bonds is 2. The van der Waals surface area contributed by atoms with E-state index in [1.54, 1.807) is 29.6 Å². The summed E-state index contributed by atoms with van der Waals surface area (Å²) in [5, 5.41) is 8.34. The Morgan fingerprint density at radius 3 is 3.04 bits per heavy atom. The summed E-state index contributed by atoms with van der Waals surface area (Å²) >= 11 is 3.37. The number of aromatic nitrogens is 1. The van der Waals surface area contributed by atoms with Crippen molar-refractivity contribution in [3.8, 4) is 10.6 Å². The number of benzene rings is 1. The molecule has 0 atom stereocenters. The molecule has 0 saturated carbocycles. The van der Waals surface area contributed by atoms with Gasteiger partial charge in [-0.25, -0.2) is 4.98 Å². The van der Waals surface area contributed by atoms with Crippen LogP contribution in [0.4, 0.5) is 5.00 Å². The highest BCUT2D eigenvalue weighted by Gasteiger charge is 2.24. The van der Waals surface area contributed by atoms with Crippen molar-refractivity contribution in [2.24, 2.45) is 0 Å². The molecule has 3 aromatic rings. The molecule has 1 amide bonds. The maximum Gasteiger partial charge on any atom is 0.221 e. The van der Waals surface area contributed by atoms with E-state index in [9.17, 15) is 4.79 Å². The Morgan fingerprint density at radius 1 is 1.35 bits per heavy atom. The van der Waals surface area contributed by atoms with E-state index in [1.807, 2.05) is 0 Å². The second-order valence-electron chi connectivity index (χ2n) is 5.81. The Kier molecular flexibility index (Phi) is 3.67. The number of carbonyl (C=O) groups is 1. The molecule has 0 unspecified atom stereocenters. The number of carbonyl (C=O) groups excluding carboxylic acids is 1. The normalized spacial score (nSPS) is 14.0. The van der Waals surface area contributed by atoms with Crippen LogP contribution in [0.15, 0.2) is 18.2 Å². The lowest BCUT2D eigenvalue weighted by molar-refractivity contribution is -0.114. The molecule has 0 aliphatic carbocycles. The fourth-order valence-corrected chi connectivity index (χ4v) is 5.31. The van der Waals surface area contributed by atoms with Crippen molar-refractivity contribution in [3.05, 3.63) is 34.2 Å². The van der Waals surface area contributed by atoms with E-state index in [-0.39, 0.29) is 5.91 Å². The zero-order valence-electron chi connectivity index (χ0n) is 13.0. The second-order valence-corrected chi connectivity index (χ2v) is 7.94. The Hall–Kier alpha value is -1.76. The summed E-state index contributed by atoms with van der Waals surface area (Å²) in [6.07, 6.45) is 0.982. The lowest BCUT2D eigenvalue weighted by Gasteiger charge is -2.13. The predicted octanol–water partition coefficient (Wildman–Crippen LogP) is 3.94. The molecule has 23 heavy (non-hydrogen) atoms. The summed E-state index contributed by atoms with van der Waals surface area (Å²) in [7, 11) is 0. The molecule has 0 bridgehead atoms. The predicted molar refractivity (Wildman–Crippen MR) is 97.4 cm³/mol. The summed E-state index contributed by atoms with van der Waals surface area (Å²) in [4.78, 5) is 17.7. The van der Waals surface area contributed by atoms with Crippen LogP contribution in [0.3, 0.4) is 0 Å². The van der Waals surface area contributed by atoms with Crippen molar-refractivity contribution in [2.45, 2.75) is 26.8 Å². The second kappa shape index (κ2) is 5.70. The number of hydrogen-bond acceptors (Lipinski definition) is 5. The van der Waals surface area contributed by atoms with Crippen LogP contribution in [0.1, 0.15) is 22.9 Å². The average Bonchev–Trinajstić information content (AvgIpc) is 3.05. The number of anilines is 1. The first-order valence-corrected chi connectivity index (χ1v) is 9.25. The number of nitrogens with one attached hydrogen (secondary N) is 2. The van der Waals surface area contributed by atoms with E-state index < -0.39 is 0 Å². The topological polar surface area (TPSA) is 54.0 Å². The van der Waals surface area contributed by atoms with E-state index in [4.69, 9.17) is 4.98 Å². The molecule has 4 rings (SSSR count). The molecular formula is C17H17N3OS2. The molecule has 0 radical (unpaired) electrons. The van der Waals surface area contributed by atoms with Crippen LogP contribution in [0.2, 0.25) is 0 Å². The molecule has 0 spiro atoms. The van der Waals surface area contributed by atoms with Crippen LogP contribution in [0, 0.1) is 6.92 Å². The van der Waals surface area contributed by atoms with E-state index in [1.165, 1.54) is 20.7 Å². The Bertz CT molecular complexity index is 910. The van der Waals surface area contributed by atoms with Crippen molar-refractivity contribution < 1.29 is 4.79 Å². The fraction of sp³-hybridized carbons (Fsp3) is 0.294. The highest BCUT2D eigenvalue weighted by atomic mass is 32.1. The van der Waals surface area contributed by atoms with Crippen LogP contribution in [0.5, 0.6) is 0 Å². The molecule has 118 valence electrons. The zero-order chi connectivity index (χ0) is 16.0. The van der Waals surface area contributed by atoms with Crippen molar-refractivity contribution >= 4 is 43.8 Å². The zero-order valence-corrected chi connectivity index (χ0v) is 14.7. The minimum Gasteiger partial charge on any atom is -0.317 e. The van der Waals surface area contributed by atoms with Gasteiger partial charge in [-0.15, -0.1) is 22.7 Å². The number of fused-ring (bicyclic) bond motifs is 2. The largest absolute Gasteiger partial charge is 0.317 e. The van der Waals surface area contributed by atoms with Gasteiger partial charge in [-0.3, -0.25) is 4.79 Å². The monoisotopic (exact) mass is 343 g/mol. The Balaban J connectivity index is 1.90. The molecule has 1 aromatic carbocycles. The van der Waals surface area contributed by atoms with E-state index >= 15 is 0 Å². The molecule has 2 N–H and O–H groups in total. The summed E-state index contributed by atoms with van der Waals surface area (Å²) in [5.41, 5.74) is 4.72. The van der Waals surface area contributed by atoms with E-state index in [2.05, 4.69) is 35.8 Å². The van der Waals surface area contributed by atoms with Gasteiger partial charge >= 0.3 is 0 Å². The first-order chi connectivity index (χ1) is 11.1. The third-order valence-electron chi connectivity index (χ3n) is 3.97. The minimum absolute atomic E-state index is 0.0326. The Labute approximate surface area is 142 Å². The fourth-order valence-electron chi connectivity index (χ4n) is 2.95. The number of amides is 1. The van der Waals surface area contributed by atoms with Crippen LogP contribution in [0.25, 0.3) is 20.8 Å². The van der Waals surface area contributed by atoms with Crippen molar-refractivity contribution in [2.75, 3.05) is 11.9 Å². The van der Waals surface area contributed by atoms with E-state index in [0.717, 1.165) is 40.6 Å². The van der Waals surface area contributed by atoms with E-state index in [0.29, 0.717) is 0 Å². The molecule has 0 saturated heterocycles.